The Morgan fingerprint density at radius 3 is 2.72 bits per heavy atom. The molecule has 1 aromatic carbocycles. The summed E-state index contributed by atoms with van der Waals surface area (Å²) in [5.41, 5.74) is 6.08. The second-order valence-corrected chi connectivity index (χ2v) is 5.42. The molecule has 0 unspecified atom stereocenters. The highest BCUT2D eigenvalue weighted by Gasteiger charge is 2.39. The summed E-state index contributed by atoms with van der Waals surface area (Å²) in [7, 11) is 0. The van der Waals surface area contributed by atoms with Gasteiger partial charge in [-0.1, -0.05) is 24.4 Å². The van der Waals surface area contributed by atoms with Gasteiger partial charge in [0, 0.05) is 10.4 Å². The SMILES string of the molecule is NC1(C(=O)c2cc3cc(Cl)ccc3o2)CCCC1. The summed E-state index contributed by atoms with van der Waals surface area (Å²) < 4.78 is 5.57. The van der Waals surface area contributed by atoms with Gasteiger partial charge in [0.1, 0.15) is 5.58 Å². The fourth-order valence-corrected chi connectivity index (χ4v) is 2.78. The van der Waals surface area contributed by atoms with Crippen LogP contribution in [0.3, 0.4) is 0 Å². The highest BCUT2D eigenvalue weighted by atomic mass is 35.5. The van der Waals surface area contributed by atoms with Gasteiger partial charge >= 0.3 is 0 Å². The third-order valence-electron chi connectivity index (χ3n) is 3.65. The molecule has 4 heteroatoms. The molecule has 0 saturated heterocycles. The summed E-state index contributed by atoms with van der Waals surface area (Å²) in [6.45, 7) is 0. The van der Waals surface area contributed by atoms with Gasteiger partial charge in [-0.15, -0.1) is 0 Å². The average molecular weight is 264 g/mol. The number of carbonyl (C=O) groups excluding carboxylic acids is 1. The summed E-state index contributed by atoms with van der Waals surface area (Å²) in [6.07, 6.45) is 3.50. The molecule has 94 valence electrons. The number of furan rings is 1. The molecular weight excluding hydrogens is 250 g/mol. The van der Waals surface area contributed by atoms with Crippen molar-refractivity contribution < 1.29 is 9.21 Å². The van der Waals surface area contributed by atoms with Crippen LogP contribution < -0.4 is 5.73 Å². The molecule has 0 aliphatic heterocycles. The lowest BCUT2D eigenvalue weighted by Crippen LogP contribution is -2.45. The number of carbonyl (C=O) groups is 1. The highest BCUT2D eigenvalue weighted by Crippen LogP contribution is 2.32. The first-order chi connectivity index (χ1) is 8.58. The van der Waals surface area contributed by atoms with Gasteiger partial charge < -0.3 is 10.2 Å². The first-order valence-electron chi connectivity index (χ1n) is 6.11. The predicted octanol–water partition coefficient (Wildman–Crippen LogP) is 3.54. The van der Waals surface area contributed by atoms with E-state index in [0.717, 1.165) is 31.1 Å². The van der Waals surface area contributed by atoms with Crippen LogP contribution >= 0.6 is 11.6 Å². The molecule has 1 aliphatic rings. The Kier molecular flexibility index (Phi) is 2.68. The summed E-state index contributed by atoms with van der Waals surface area (Å²) >= 11 is 5.91. The standard InChI is InChI=1S/C14H14ClNO2/c15-10-3-4-11-9(7-10)8-12(18-11)13(17)14(16)5-1-2-6-14/h3-4,7-8H,1-2,5-6,16H2. The van der Waals surface area contributed by atoms with Gasteiger partial charge in [0.2, 0.25) is 5.78 Å². The molecule has 1 fully saturated rings. The van der Waals surface area contributed by atoms with Crippen molar-refractivity contribution in [2.75, 3.05) is 0 Å². The fraction of sp³-hybridized carbons (Fsp3) is 0.357. The van der Waals surface area contributed by atoms with Crippen molar-refractivity contribution in [1.29, 1.82) is 0 Å². The van der Waals surface area contributed by atoms with Crippen molar-refractivity contribution in [2.45, 2.75) is 31.2 Å². The van der Waals surface area contributed by atoms with Crippen molar-refractivity contribution in [2.24, 2.45) is 5.73 Å². The van der Waals surface area contributed by atoms with Crippen molar-refractivity contribution in [1.82, 2.24) is 0 Å². The van der Waals surface area contributed by atoms with E-state index in [2.05, 4.69) is 0 Å². The summed E-state index contributed by atoms with van der Waals surface area (Å²) in [5.74, 6) is 0.254. The molecule has 0 atom stereocenters. The molecule has 3 nitrogen and oxygen atoms in total. The zero-order chi connectivity index (χ0) is 12.8. The first kappa shape index (κ1) is 11.8. The molecule has 1 aromatic heterocycles. The molecule has 2 N–H and O–H groups in total. The number of benzene rings is 1. The van der Waals surface area contributed by atoms with E-state index in [4.69, 9.17) is 21.8 Å². The Hall–Kier alpha value is -1.32. The maximum absolute atomic E-state index is 12.4. The van der Waals surface area contributed by atoms with Crippen LogP contribution in [0.1, 0.15) is 36.2 Å². The Morgan fingerprint density at radius 1 is 1.28 bits per heavy atom. The van der Waals surface area contributed by atoms with E-state index in [0.29, 0.717) is 16.4 Å². The molecule has 3 rings (SSSR count). The monoisotopic (exact) mass is 263 g/mol. The quantitative estimate of drug-likeness (QED) is 0.843. The van der Waals surface area contributed by atoms with Gasteiger partial charge in [0.25, 0.3) is 0 Å². The van der Waals surface area contributed by atoms with Crippen LogP contribution in [0.15, 0.2) is 28.7 Å². The molecule has 1 saturated carbocycles. The Bertz CT molecular complexity index is 611. The summed E-state index contributed by atoms with van der Waals surface area (Å²) in [6, 6.07) is 7.03. The smallest absolute Gasteiger partial charge is 0.217 e. The zero-order valence-corrected chi connectivity index (χ0v) is 10.7. The molecule has 0 amide bonds. The van der Waals surface area contributed by atoms with Crippen LogP contribution in [-0.2, 0) is 0 Å². The summed E-state index contributed by atoms with van der Waals surface area (Å²) in [4.78, 5) is 12.4. The van der Waals surface area contributed by atoms with Crippen LogP contribution in [0.2, 0.25) is 5.02 Å². The lowest BCUT2D eigenvalue weighted by atomic mass is 9.92. The van der Waals surface area contributed by atoms with Gasteiger partial charge in [0.05, 0.1) is 5.54 Å². The van der Waals surface area contributed by atoms with Crippen LogP contribution in [-0.4, -0.2) is 11.3 Å². The number of Topliss-reactive ketones (excluding diaryl/α,β-unsaturated/α-hetero) is 1. The van der Waals surface area contributed by atoms with Crippen molar-refractivity contribution in [3.63, 3.8) is 0 Å². The number of rotatable bonds is 2. The normalized spacial score (nSPS) is 18.3. The number of halogens is 1. The molecule has 18 heavy (non-hydrogen) atoms. The third kappa shape index (κ3) is 1.84. The van der Waals surface area contributed by atoms with Gasteiger partial charge in [-0.25, -0.2) is 0 Å². The van der Waals surface area contributed by atoms with Crippen LogP contribution in [0.5, 0.6) is 0 Å². The maximum Gasteiger partial charge on any atom is 0.217 e. The average Bonchev–Trinajstić information content (AvgIpc) is 2.94. The first-order valence-corrected chi connectivity index (χ1v) is 6.49. The van der Waals surface area contributed by atoms with E-state index in [-0.39, 0.29) is 5.78 Å². The predicted molar refractivity (Wildman–Crippen MR) is 70.9 cm³/mol. The Labute approximate surface area is 110 Å². The van der Waals surface area contributed by atoms with E-state index in [1.165, 1.54) is 0 Å². The summed E-state index contributed by atoms with van der Waals surface area (Å²) in [5, 5.41) is 1.47. The van der Waals surface area contributed by atoms with Crippen LogP contribution in [0.4, 0.5) is 0 Å². The Balaban J connectivity index is 2.01. The van der Waals surface area contributed by atoms with E-state index in [9.17, 15) is 4.79 Å². The number of hydrogen-bond donors (Lipinski definition) is 1. The lowest BCUT2D eigenvalue weighted by Gasteiger charge is -2.19. The van der Waals surface area contributed by atoms with Crippen molar-refractivity contribution in [3.8, 4) is 0 Å². The molecule has 0 radical (unpaired) electrons. The minimum Gasteiger partial charge on any atom is -0.453 e. The zero-order valence-electron chi connectivity index (χ0n) is 9.91. The van der Waals surface area contributed by atoms with Gasteiger partial charge in [-0.05, 0) is 37.1 Å². The van der Waals surface area contributed by atoms with Gasteiger partial charge in [-0.2, -0.15) is 0 Å². The minimum atomic E-state index is -0.738. The van der Waals surface area contributed by atoms with E-state index >= 15 is 0 Å². The molecule has 1 heterocycles. The molecular formula is C14H14ClNO2. The number of nitrogens with two attached hydrogens (primary N) is 1. The molecule has 0 spiro atoms. The van der Waals surface area contributed by atoms with Crippen LogP contribution in [0.25, 0.3) is 11.0 Å². The van der Waals surface area contributed by atoms with Crippen molar-refractivity contribution >= 4 is 28.4 Å². The second kappa shape index (κ2) is 4.11. The van der Waals surface area contributed by atoms with E-state index in [1.807, 2.05) is 0 Å². The topological polar surface area (TPSA) is 56.2 Å². The highest BCUT2D eigenvalue weighted by molar-refractivity contribution is 6.31. The third-order valence-corrected chi connectivity index (χ3v) is 3.89. The van der Waals surface area contributed by atoms with Crippen LogP contribution in [0, 0.1) is 0 Å². The number of hydrogen-bond acceptors (Lipinski definition) is 3. The molecule has 1 aliphatic carbocycles. The Morgan fingerprint density at radius 2 is 2.00 bits per heavy atom. The lowest BCUT2D eigenvalue weighted by molar-refractivity contribution is 0.0865. The van der Waals surface area contributed by atoms with E-state index < -0.39 is 5.54 Å². The van der Waals surface area contributed by atoms with E-state index in [1.54, 1.807) is 24.3 Å². The molecule has 0 bridgehead atoms. The largest absolute Gasteiger partial charge is 0.453 e. The van der Waals surface area contributed by atoms with Gasteiger partial charge in [-0.3, -0.25) is 4.79 Å². The number of ketones is 1. The molecule has 2 aromatic rings. The van der Waals surface area contributed by atoms with Crippen molar-refractivity contribution in [3.05, 3.63) is 35.0 Å². The number of fused-ring (bicyclic) bond motifs is 1. The minimum absolute atomic E-state index is 0.0904. The maximum atomic E-state index is 12.4. The van der Waals surface area contributed by atoms with Gasteiger partial charge in [0.15, 0.2) is 5.76 Å². The fourth-order valence-electron chi connectivity index (χ4n) is 2.60. The second-order valence-electron chi connectivity index (χ2n) is 4.99.